The van der Waals surface area contributed by atoms with Gasteiger partial charge in [0, 0.05) is 21.3 Å². The third kappa shape index (κ3) is 23.8. The van der Waals surface area contributed by atoms with E-state index in [2.05, 4.69) is 161 Å². The summed E-state index contributed by atoms with van der Waals surface area (Å²) in [4.78, 5) is 0. The Balaban J connectivity index is 1.60. The van der Waals surface area contributed by atoms with E-state index in [0.29, 0.717) is 0 Å². The molecule has 0 saturated heterocycles. The molecule has 0 unspecified atom stereocenters. The van der Waals surface area contributed by atoms with E-state index in [0.717, 1.165) is 130 Å². The summed E-state index contributed by atoms with van der Waals surface area (Å²) in [6.07, 6.45) is 29.6. The Bertz CT molecular complexity index is 1530. The number of unbranched alkanes of at least 4 members (excludes halogenated alkanes) is 20. The summed E-state index contributed by atoms with van der Waals surface area (Å²) in [5.41, 5.74) is 6.83. The molecule has 0 heterocycles. The zero-order valence-electron chi connectivity index (χ0n) is 40.0. The monoisotopic (exact) mass is 1160 g/mol. The first-order valence-corrected chi connectivity index (χ1v) is 30.1. The van der Waals surface area contributed by atoms with Crippen molar-refractivity contribution in [2.45, 2.75) is 154 Å². The van der Waals surface area contributed by atoms with Gasteiger partial charge in [-0.3, -0.25) is 0 Å². The van der Waals surface area contributed by atoms with E-state index in [4.69, 9.17) is 18.9 Å². The van der Waals surface area contributed by atoms with Crippen molar-refractivity contribution in [2.75, 3.05) is 47.7 Å². The van der Waals surface area contributed by atoms with Crippen molar-refractivity contribution in [3.63, 3.8) is 0 Å². The second-order valence-electron chi connectivity index (χ2n) is 17.5. The highest BCUT2D eigenvalue weighted by Crippen LogP contribution is 2.39. The molecule has 0 bridgehead atoms. The van der Waals surface area contributed by atoms with Crippen LogP contribution in [-0.2, 0) is 0 Å². The average Bonchev–Trinajstić information content (AvgIpc) is 3.35. The number of benzene rings is 4. The van der Waals surface area contributed by atoms with E-state index in [9.17, 15) is 0 Å². The molecule has 8 heteroatoms. The molecule has 4 nitrogen and oxygen atoms in total. The van der Waals surface area contributed by atoms with Gasteiger partial charge in [0.25, 0.3) is 0 Å². The quantitative estimate of drug-likeness (QED) is 0.0253. The Kier molecular flexibility index (Phi) is 32.1. The fourth-order valence-electron chi connectivity index (χ4n) is 8.16. The number of ether oxygens (including phenoxy) is 4. The van der Waals surface area contributed by atoms with Crippen LogP contribution in [0.15, 0.2) is 97.1 Å². The molecule has 0 amide bonds. The molecule has 0 fully saturated rings. The van der Waals surface area contributed by atoms with E-state index in [1.54, 1.807) is 0 Å². The van der Waals surface area contributed by atoms with E-state index in [1.165, 1.54) is 128 Å². The summed E-state index contributed by atoms with van der Waals surface area (Å²) in [6.45, 7) is 2.95. The van der Waals surface area contributed by atoms with Gasteiger partial charge < -0.3 is 18.9 Å². The summed E-state index contributed by atoms with van der Waals surface area (Å²) in [7, 11) is 0. The van der Waals surface area contributed by atoms with Crippen molar-refractivity contribution in [1.29, 1.82) is 0 Å². The van der Waals surface area contributed by atoms with Crippen LogP contribution in [0.25, 0.3) is 11.1 Å². The zero-order chi connectivity index (χ0) is 46.5. The number of hydrogen-bond donors (Lipinski definition) is 0. The Morgan fingerprint density at radius 1 is 0.227 bits per heavy atom. The fraction of sp³-hybridized carbons (Fsp3) is 0.552. The molecule has 0 N–H and O–H groups in total. The Morgan fingerprint density at radius 3 is 0.576 bits per heavy atom. The van der Waals surface area contributed by atoms with Gasteiger partial charge in [-0.25, -0.2) is 0 Å². The Morgan fingerprint density at radius 2 is 0.394 bits per heavy atom. The second kappa shape index (κ2) is 37.6. The molecule has 364 valence electrons. The van der Waals surface area contributed by atoms with Gasteiger partial charge in [0.2, 0.25) is 0 Å². The van der Waals surface area contributed by atoms with Gasteiger partial charge in [0.15, 0.2) is 0 Å². The van der Waals surface area contributed by atoms with Crippen molar-refractivity contribution in [3.8, 4) is 23.0 Å². The summed E-state index contributed by atoms with van der Waals surface area (Å²) < 4.78 is 25.2. The molecule has 66 heavy (non-hydrogen) atoms. The molecular formula is C58H80Br4O4. The first-order chi connectivity index (χ1) is 32.7. The van der Waals surface area contributed by atoms with Gasteiger partial charge in [-0.2, -0.15) is 0 Å². The first-order valence-electron chi connectivity index (χ1n) is 25.6. The normalized spacial score (nSPS) is 11.2. The predicted octanol–water partition coefficient (Wildman–Crippen LogP) is 19.2. The van der Waals surface area contributed by atoms with Gasteiger partial charge >= 0.3 is 0 Å². The van der Waals surface area contributed by atoms with Crippen LogP contribution < -0.4 is 18.9 Å². The van der Waals surface area contributed by atoms with Crippen molar-refractivity contribution in [3.05, 3.63) is 119 Å². The molecular weight excluding hydrogens is 1080 g/mol. The maximum atomic E-state index is 6.29. The van der Waals surface area contributed by atoms with Gasteiger partial charge in [-0.1, -0.05) is 215 Å². The summed E-state index contributed by atoms with van der Waals surface area (Å²) in [5, 5.41) is 4.40. The molecule has 0 radical (unpaired) electrons. The van der Waals surface area contributed by atoms with Gasteiger partial charge in [-0.15, -0.1) is 0 Å². The minimum absolute atomic E-state index is 0.738. The Labute approximate surface area is 434 Å². The van der Waals surface area contributed by atoms with Crippen molar-refractivity contribution in [2.24, 2.45) is 0 Å². The smallest absolute Gasteiger partial charge is 0.119 e. The predicted molar refractivity (Wildman–Crippen MR) is 299 cm³/mol. The van der Waals surface area contributed by atoms with Gasteiger partial charge in [0.05, 0.1) is 26.4 Å². The van der Waals surface area contributed by atoms with Crippen LogP contribution in [0.2, 0.25) is 0 Å². The minimum atomic E-state index is 0.738. The summed E-state index contributed by atoms with van der Waals surface area (Å²) in [6, 6.07) is 34.9. The Hall–Kier alpha value is -2.26. The highest BCUT2D eigenvalue weighted by Gasteiger charge is 2.18. The third-order valence-corrected chi connectivity index (χ3v) is 14.3. The largest absolute Gasteiger partial charge is 0.494 e. The molecule has 0 atom stereocenters. The van der Waals surface area contributed by atoms with Crippen LogP contribution in [-0.4, -0.2) is 47.7 Å². The summed E-state index contributed by atoms with van der Waals surface area (Å²) in [5.74, 6) is 3.64. The number of halogens is 4. The molecule has 4 aromatic carbocycles. The SMILES string of the molecule is BrCCCCCCCCOc1ccc(C(=C(c2ccc(OCCCCCCCCBr)cc2)c2ccc(OCCCCCCCCBr)cc2)c2ccc(OCCCCCCCCBr)cc2)cc1. The van der Waals surface area contributed by atoms with Crippen molar-refractivity contribution < 1.29 is 18.9 Å². The van der Waals surface area contributed by atoms with E-state index in [-0.39, 0.29) is 0 Å². The van der Waals surface area contributed by atoms with E-state index >= 15 is 0 Å². The highest BCUT2D eigenvalue weighted by molar-refractivity contribution is 9.09. The molecule has 0 aliphatic heterocycles. The number of hydrogen-bond acceptors (Lipinski definition) is 4. The number of rotatable bonds is 40. The molecule has 0 aromatic heterocycles. The maximum absolute atomic E-state index is 6.29. The third-order valence-electron chi connectivity index (χ3n) is 12.0. The molecule has 0 saturated carbocycles. The lowest BCUT2D eigenvalue weighted by Gasteiger charge is -2.19. The molecule has 0 aliphatic rings. The van der Waals surface area contributed by atoms with E-state index < -0.39 is 0 Å². The first kappa shape index (κ1) is 56.3. The lowest BCUT2D eigenvalue weighted by Crippen LogP contribution is -2.01. The van der Waals surface area contributed by atoms with Crippen LogP contribution in [0.3, 0.4) is 0 Å². The molecule has 0 spiro atoms. The average molecular weight is 1160 g/mol. The van der Waals surface area contributed by atoms with Crippen LogP contribution in [0.5, 0.6) is 23.0 Å². The fourth-order valence-corrected chi connectivity index (χ4v) is 9.74. The van der Waals surface area contributed by atoms with Gasteiger partial charge in [0.1, 0.15) is 23.0 Å². The van der Waals surface area contributed by atoms with Crippen molar-refractivity contribution >= 4 is 74.9 Å². The van der Waals surface area contributed by atoms with Gasteiger partial charge in [-0.05, 0) is 133 Å². The standard InChI is InChI=1S/C58H80Br4O4/c59-41-17-9-1-5-13-21-45-63-53-33-25-49(26-34-53)57(50-27-35-54(36-28-50)64-46-22-14-6-2-10-18-42-60)58(51-29-37-55(38-30-51)65-47-23-15-7-3-11-19-43-61)52-31-39-56(40-32-52)66-48-24-16-8-4-12-20-44-62/h25-40H,1-24,41-48H2. The summed E-state index contributed by atoms with van der Waals surface area (Å²) >= 11 is 14.2. The number of alkyl halides is 4. The maximum Gasteiger partial charge on any atom is 0.119 e. The van der Waals surface area contributed by atoms with Crippen LogP contribution in [0.4, 0.5) is 0 Å². The molecule has 4 aromatic rings. The van der Waals surface area contributed by atoms with Crippen LogP contribution in [0, 0.1) is 0 Å². The van der Waals surface area contributed by atoms with Crippen LogP contribution in [0.1, 0.15) is 176 Å². The molecule has 0 aliphatic carbocycles. The van der Waals surface area contributed by atoms with E-state index in [1.807, 2.05) is 0 Å². The highest BCUT2D eigenvalue weighted by atomic mass is 79.9. The topological polar surface area (TPSA) is 36.9 Å². The van der Waals surface area contributed by atoms with Crippen LogP contribution >= 0.6 is 63.7 Å². The molecule has 4 rings (SSSR count). The lowest BCUT2D eigenvalue weighted by atomic mass is 9.85. The van der Waals surface area contributed by atoms with Crippen molar-refractivity contribution in [1.82, 2.24) is 0 Å². The minimum Gasteiger partial charge on any atom is -0.494 e. The second-order valence-corrected chi connectivity index (χ2v) is 20.7. The zero-order valence-corrected chi connectivity index (χ0v) is 46.4. The lowest BCUT2D eigenvalue weighted by molar-refractivity contribution is 0.304.